The second-order valence-electron chi connectivity index (χ2n) is 3.11. The van der Waals surface area contributed by atoms with E-state index in [-0.39, 0.29) is 0 Å². The monoisotopic (exact) mass is 188 g/mol. The zero-order valence-corrected chi connectivity index (χ0v) is 8.07. The summed E-state index contributed by atoms with van der Waals surface area (Å²) in [4.78, 5) is 4.30. The maximum absolute atomic E-state index is 4.30. The number of anilines is 1. The van der Waals surface area contributed by atoms with Gasteiger partial charge in [0.05, 0.1) is 0 Å². The van der Waals surface area contributed by atoms with Gasteiger partial charge in [-0.1, -0.05) is 6.08 Å². The van der Waals surface area contributed by atoms with Gasteiger partial charge in [0.15, 0.2) is 5.65 Å². The molecular weight excluding hydrogens is 176 g/mol. The Morgan fingerprint density at radius 3 is 3.29 bits per heavy atom. The summed E-state index contributed by atoms with van der Waals surface area (Å²) in [5, 5.41) is 7.28. The predicted molar refractivity (Wildman–Crippen MR) is 56.4 cm³/mol. The van der Waals surface area contributed by atoms with Crippen molar-refractivity contribution in [1.82, 2.24) is 14.6 Å². The third kappa shape index (κ3) is 1.59. The molecule has 0 bridgehead atoms. The maximum atomic E-state index is 4.30. The molecular formula is C10H12N4. The lowest BCUT2D eigenvalue weighted by molar-refractivity contribution is 0.956. The third-order valence-electron chi connectivity index (χ3n) is 1.90. The molecule has 2 aromatic heterocycles. The lowest BCUT2D eigenvalue weighted by atomic mass is 10.3. The second kappa shape index (κ2) is 3.49. The highest BCUT2D eigenvalue weighted by Crippen LogP contribution is 2.06. The van der Waals surface area contributed by atoms with Gasteiger partial charge < -0.3 is 5.32 Å². The molecule has 0 aromatic carbocycles. The van der Waals surface area contributed by atoms with Crippen LogP contribution in [0.5, 0.6) is 0 Å². The number of hydrogen-bond donors (Lipinski definition) is 1. The summed E-state index contributed by atoms with van der Waals surface area (Å²) in [7, 11) is 0. The third-order valence-corrected chi connectivity index (χ3v) is 1.90. The summed E-state index contributed by atoms with van der Waals surface area (Å²) < 4.78 is 1.75. The van der Waals surface area contributed by atoms with Crippen LogP contribution < -0.4 is 5.32 Å². The number of rotatable bonds is 3. The fourth-order valence-electron chi connectivity index (χ4n) is 1.22. The molecule has 0 spiro atoms. The molecule has 0 fully saturated rings. The molecule has 1 N–H and O–H groups in total. The molecule has 0 aliphatic rings. The van der Waals surface area contributed by atoms with Gasteiger partial charge in [0.25, 0.3) is 0 Å². The lowest BCUT2D eigenvalue weighted by Crippen LogP contribution is -1.99. The number of fused-ring (bicyclic) bond motifs is 1. The van der Waals surface area contributed by atoms with E-state index < -0.39 is 0 Å². The summed E-state index contributed by atoms with van der Waals surface area (Å²) in [6.45, 7) is 6.33. The van der Waals surface area contributed by atoms with Crippen LogP contribution >= 0.6 is 0 Å². The molecule has 0 saturated carbocycles. The van der Waals surface area contributed by atoms with Crippen molar-refractivity contribution in [1.29, 1.82) is 0 Å². The fourth-order valence-corrected chi connectivity index (χ4v) is 1.22. The van der Waals surface area contributed by atoms with Gasteiger partial charge >= 0.3 is 0 Å². The number of nitrogens with zero attached hydrogens (tertiary/aromatic N) is 3. The molecule has 0 atom stereocenters. The first-order valence-electron chi connectivity index (χ1n) is 4.47. The van der Waals surface area contributed by atoms with Crippen LogP contribution in [0.1, 0.15) is 5.56 Å². The van der Waals surface area contributed by atoms with Crippen LogP contribution in [-0.4, -0.2) is 21.1 Å². The lowest BCUT2D eigenvalue weighted by Gasteiger charge is -1.92. The van der Waals surface area contributed by atoms with E-state index in [1.807, 2.05) is 25.3 Å². The predicted octanol–water partition coefficient (Wildman–Crippen LogP) is 1.64. The van der Waals surface area contributed by atoms with Gasteiger partial charge in [0.2, 0.25) is 5.95 Å². The van der Waals surface area contributed by atoms with Crippen LogP contribution in [-0.2, 0) is 0 Å². The van der Waals surface area contributed by atoms with Gasteiger partial charge in [-0.25, -0.2) is 4.52 Å². The number of aromatic nitrogens is 3. The zero-order chi connectivity index (χ0) is 9.97. The van der Waals surface area contributed by atoms with Crippen LogP contribution in [0.25, 0.3) is 5.65 Å². The van der Waals surface area contributed by atoms with Crippen LogP contribution in [0.15, 0.2) is 31.0 Å². The minimum absolute atomic E-state index is 0.635. The van der Waals surface area contributed by atoms with Gasteiger partial charge in [-0.3, -0.25) is 0 Å². The standard InChI is InChI=1S/C10H12N4/c1-3-5-11-10-12-9-7-8(2)4-6-14(9)13-10/h3-4,6-7H,1,5H2,2H3,(H,11,13). The van der Waals surface area contributed by atoms with E-state index in [2.05, 4.69) is 22.0 Å². The van der Waals surface area contributed by atoms with Gasteiger partial charge in [0, 0.05) is 12.7 Å². The zero-order valence-electron chi connectivity index (χ0n) is 8.07. The molecule has 4 nitrogen and oxygen atoms in total. The molecule has 0 radical (unpaired) electrons. The number of nitrogens with one attached hydrogen (secondary N) is 1. The average Bonchev–Trinajstić information content (AvgIpc) is 2.56. The first kappa shape index (κ1) is 8.74. The maximum Gasteiger partial charge on any atom is 0.243 e. The van der Waals surface area contributed by atoms with E-state index in [9.17, 15) is 0 Å². The van der Waals surface area contributed by atoms with Crippen molar-refractivity contribution in [3.63, 3.8) is 0 Å². The van der Waals surface area contributed by atoms with Crippen molar-refractivity contribution in [3.05, 3.63) is 36.5 Å². The molecule has 2 rings (SSSR count). The molecule has 4 heteroatoms. The molecule has 0 aliphatic heterocycles. The first-order valence-corrected chi connectivity index (χ1v) is 4.47. The first-order chi connectivity index (χ1) is 6.79. The van der Waals surface area contributed by atoms with E-state index >= 15 is 0 Å². The molecule has 0 saturated heterocycles. The van der Waals surface area contributed by atoms with Crippen molar-refractivity contribution in [3.8, 4) is 0 Å². The highest BCUT2D eigenvalue weighted by atomic mass is 15.3. The topological polar surface area (TPSA) is 42.2 Å². The molecule has 0 unspecified atom stereocenters. The van der Waals surface area contributed by atoms with Crippen molar-refractivity contribution in [2.24, 2.45) is 0 Å². The van der Waals surface area contributed by atoms with E-state index in [1.165, 1.54) is 5.56 Å². The Balaban J connectivity index is 2.36. The fraction of sp³-hybridized carbons (Fsp3) is 0.200. The van der Waals surface area contributed by atoms with E-state index in [1.54, 1.807) is 10.6 Å². The van der Waals surface area contributed by atoms with Crippen LogP contribution in [0, 0.1) is 6.92 Å². The highest BCUT2D eigenvalue weighted by molar-refractivity contribution is 5.45. The summed E-state index contributed by atoms with van der Waals surface area (Å²) in [6, 6.07) is 3.99. The van der Waals surface area contributed by atoms with Gasteiger partial charge in [-0.05, 0) is 24.6 Å². The molecule has 2 aromatic rings. The molecule has 72 valence electrons. The minimum atomic E-state index is 0.635. The largest absolute Gasteiger partial charge is 0.349 e. The van der Waals surface area contributed by atoms with Crippen molar-refractivity contribution in [2.45, 2.75) is 6.92 Å². The highest BCUT2D eigenvalue weighted by Gasteiger charge is 2.00. The number of hydrogen-bond acceptors (Lipinski definition) is 3. The molecule has 0 aliphatic carbocycles. The van der Waals surface area contributed by atoms with E-state index in [0.29, 0.717) is 12.5 Å². The van der Waals surface area contributed by atoms with Gasteiger partial charge in [0.1, 0.15) is 0 Å². The summed E-state index contributed by atoms with van der Waals surface area (Å²) in [5.74, 6) is 0.635. The van der Waals surface area contributed by atoms with Crippen LogP contribution in [0.3, 0.4) is 0 Å². The van der Waals surface area contributed by atoms with Gasteiger partial charge in [-0.15, -0.1) is 11.7 Å². The summed E-state index contributed by atoms with van der Waals surface area (Å²) in [6.07, 6.45) is 3.67. The summed E-state index contributed by atoms with van der Waals surface area (Å²) in [5.41, 5.74) is 2.04. The Kier molecular flexibility index (Phi) is 2.18. The number of aryl methyl sites for hydroxylation is 1. The number of pyridine rings is 1. The van der Waals surface area contributed by atoms with Crippen LogP contribution in [0.2, 0.25) is 0 Å². The Morgan fingerprint density at radius 2 is 2.50 bits per heavy atom. The van der Waals surface area contributed by atoms with Crippen molar-refractivity contribution < 1.29 is 0 Å². The molecule has 14 heavy (non-hydrogen) atoms. The van der Waals surface area contributed by atoms with Gasteiger partial charge in [-0.2, -0.15) is 4.98 Å². The normalized spacial score (nSPS) is 10.4. The molecule has 2 heterocycles. The Labute approximate surface area is 82.3 Å². The Bertz CT molecular complexity index is 458. The van der Waals surface area contributed by atoms with Crippen molar-refractivity contribution in [2.75, 3.05) is 11.9 Å². The van der Waals surface area contributed by atoms with E-state index in [4.69, 9.17) is 0 Å². The molecule has 0 amide bonds. The SMILES string of the molecule is C=CCNc1nc2cc(C)ccn2n1. The Morgan fingerprint density at radius 1 is 1.64 bits per heavy atom. The average molecular weight is 188 g/mol. The Hall–Kier alpha value is -1.84. The van der Waals surface area contributed by atoms with Crippen LogP contribution in [0.4, 0.5) is 5.95 Å². The quantitative estimate of drug-likeness (QED) is 0.744. The van der Waals surface area contributed by atoms with E-state index in [0.717, 1.165) is 5.65 Å². The van der Waals surface area contributed by atoms with Crippen molar-refractivity contribution >= 4 is 11.6 Å². The minimum Gasteiger partial charge on any atom is -0.349 e. The summed E-state index contributed by atoms with van der Waals surface area (Å²) >= 11 is 0. The second-order valence-corrected chi connectivity index (χ2v) is 3.11. The smallest absolute Gasteiger partial charge is 0.243 e.